The van der Waals surface area contributed by atoms with Crippen molar-refractivity contribution in [2.24, 2.45) is 0 Å². The van der Waals surface area contributed by atoms with Gasteiger partial charge in [-0.05, 0) is 18.9 Å². The molecule has 3 rings (SSSR count). The van der Waals surface area contributed by atoms with E-state index in [4.69, 9.17) is 4.74 Å². The predicted octanol–water partition coefficient (Wildman–Crippen LogP) is 2.82. The molecule has 0 bridgehead atoms. The minimum absolute atomic E-state index is 0.00644. The first kappa shape index (κ1) is 12.2. The van der Waals surface area contributed by atoms with Crippen molar-refractivity contribution in [3.8, 4) is 5.75 Å². The van der Waals surface area contributed by atoms with Crippen molar-refractivity contribution in [2.45, 2.75) is 18.3 Å². The summed E-state index contributed by atoms with van der Waals surface area (Å²) in [6.45, 7) is 0. The van der Waals surface area contributed by atoms with E-state index >= 15 is 0 Å². The third kappa shape index (κ3) is 2.10. The van der Waals surface area contributed by atoms with Gasteiger partial charge < -0.3 is 10.1 Å². The van der Waals surface area contributed by atoms with Crippen LogP contribution in [-0.2, 0) is 10.2 Å². The summed E-state index contributed by atoms with van der Waals surface area (Å²) in [6, 6.07) is 7.71. The molecule has 1 N–H and O–H groups in total. The molecule has 1 amide bonds. The topological polar surface area (TPSA) is 51.2 Å². The maximum atomic E-state index is 12.5. The highest BCUT2D eigenvalue weighted by Gasteiger charge is 2.53. The van der Waals surface area contributed by atoms with Gasteiger partial charge >= 0.3 is 0 Å². The first-order chi connectivity index (χ1) is 9.26. The number of para-hydroxylation sites is 1. The summed E-state index contributed by atoms with van der Waals surface area (Å²) in [5.41, 5.74) is 0.518. The quantitative estimate of drug-likeness (QED) is 0.932. The van der Waals surface area contributed by atoms with E-state index in [0.717, 1.165) is 24.2 Å². The fourth-order valence-corrected chi connectivity index (χ4v) is 2.81. The van der Waals surface area contributed by atoms with Crippen molar-refractivity contribution < 1.29 is 9.53 Å². The zero-order valence-corrected chi connectivity index (χ0v) is 11.4. The van der Waals surface area contributed by atoms with E-state index in [1.165, 1.54) is 11.3 Å². The molecule has 2 aromatic rings. The Morgan fingerprint density at radius 2 is 2.21 bits per heavy atom. The number of anilines is 1. The Morgan fingerprint density at radius 3 is 2.84 bits per heavy atom. The van der Waals surface area contributed by atoms with E-state index in [1.807, 2.05) is 29.6 Å². The molecule has 0 unspecified atom stereocenters. The first-order valence-corrected chi connectivity index (χ1v) is 6.99. The number of ether oxygens (including phenoxy) is 1. The van der Waals surface area contributed by atoms with E-state index in [0.29, 0.717) is 5.13 Å². The Balaban J connectivity index is 1.88. The molecule has 1 aliphatic carbocycles. The highest BCUT2D eigenvalue weighted by atomic mass is 32.1. The Hall–Kier alpha value is -1.88. The minimum Gasteiger partial charge on any atom is -0.496 e. The Morgan fingerprint density at radius 1 is 1.42 bits per heavy atom. The number of amides is 1. The molecule has 4 nitrogen and oxygen atoms in total. The van der Waals surface area contributed by atoms with Gasteiger partial charge in [0, 0.05) is 17.1 Å². The molecular formula is C14H14N2O2S. The second-order valence-electron chi connectivity index (χ2n) is 4.57. The van der Waals surface area contributed by atoms with E-state index in [9.17, 15) is 4.79 Å². The van der Waals surface area contributed by atoms with Crippen molar-refractivity contribution in [1.29, 1.82) is 0 Å². The van der Waals surface area contributed by atoms with Crippen LogP contribution in [0.4, 0.5) is 5.13 Å². The van der Waals surface area contributed by atoms with Crippen LogP contribution in [0.2, 0.25) is 0 Å². The smallest absolute Gasteiger partial charge is 0.236 e. The van der Waals surface area contributed by atoms with Crippen LogP contribution in [0.1, 0.15) is 18.4 Å². The number of methoxy groups -OCH3 is 1. The average Bonchev–Trinajstić information content (AvgIpc) is 3.11. The molecule has 1 aromatic heterocycles. The number of hydrogen-bond acceptors (Lipinski definition) is 4. The molecule has 0 spiro atoms. The lowest BCUT2D eigenvalue weighted by Crippen LogP contribution is -2.28. The van der Waals surface area contributed by atoms with Crippen LogP contribution in [0.25, 0.3) is 0 Å². The number of hydrogen-bond donors (Lipinski definition) is 1. The molecule has 0 saturated heterocycles. The number of benzene rings is 1. The van der Waals surface area contributed by atoms with Gasteiger partial charge in [0.1, 0.15) is 5.75 Å². The van der Waals surface area contributed by atoms with Crippen LogP contribution in [0, 0.1) is 0 Å². The van der Waals surface area contributed by atoms with Crippen molar-refractivity contribution in [1.82, 2.24) is 4.98 Å². The van der Waals surface area contributed by atoms with E-state index < -0.39 is 5.41 Å². The molecule has 19 heavy (non-hydrogen) atoms. The number of nitrogens with one attached hydrogen (secondary N) is 1. The van der Waals surface area contributed by atoms with Crippen LogP contribution >= 0.6 is 11.3 Å². The highest BCUT2D eigenvalue weighted by Crippen LogP contribution is 2.51. The molecule has 0 atom stereocenters. The summed E-state index contributed by atoms with van der Waals surface area (Å²) in [7, 11) is 1.63. The molecule has 5 heteroatoms. The van der Waals surface area contributed by atoms with Gasteiger partial charge in [-0.3, -0.25) is 4.79 Å². The molecule has 0 radical (unpaired) electrons. The molecule has 1 aromatic carbocycles. The summed E-state index contributed by atoms with van der Waals surface area (Å²) in [6.07, 6.45) is 3.39. The van der Waals surface area contributed by atoms with E-state index in [1.54, 1.807) is 13.3 Å². The Kier molecular flexibility index (Phi) is 2.98. The van der Waals surface area contributed by atoms with Gasteiger partial charge in [-0.2, -0.15) is 0 Å². The lowest BCUT2D eigenvalue weighted by atomic mass is 9.94. The monoisotopic (exact) mass is 274 g/mol. The van der Waals surface area contributed by atoms with Crippen molar-refractivity contribution in [3.05, 3.63) is 41.4 Å². The van der Waals surface area contributed by atoms with Crippen LogP contribution in [0.5, 0.6) is 5.75 Å². The van der Waals surface area contributed by atoms with Crippen molar-refractivity contribution in [3.63, 3.8) is 0 Å². The van der Waals surface area contributed by atoms with Crippen molar-refractivity contribution >= 4 is 22.4 Å². The fourth-order valence-electron chi connectivity index (χ4n) is 2.29. The first-order valence-electron chi connectivity index (χ1n) is 6.11. The van der Waals surface area contributed by atoms with Gasteiger partial charge in [0.05, 0.1) is 12.5 Å². The van der Waals surface area contributed by atoms with Gasteiger partial charge in [-0.1, -0.05) is 18.2 Å². The minimum atomic E-state index is -0.446. The Bertz CT molecular complexity index is 591. The third-order valence-corrected chi connectivity index (χ3v) is 4.15. The number of rotatable bonds is 4. The zero-order valence-electron chi connectivity index (χ0n) is 10.6. The van der Waals surface area contributed by atoms with Crippen LogP contribution in [0.15, 0.2) is 35.8 Å². The Labute approximate surface area is 115 Å². The summed E-state index contributed by atoms with van der Waals surface area (Å²) >= 11 is 1.43. The largest absolute Gasteiger partial charge is 0.496 e. The van der Waals surface area contributed by atoms with E-state index in [2.05, 4.69) is 10.3 Å². The number of carbonyl (C=O) groups is 1. The average molecular weight is 274 g/mol. The van der Waals surface area contributed by atoms with Gasteiger partial charge in [0.2, 0.25) is 5.91 Å². The van der Waals surface area contributed by atoms with Crippen LogP contribution in [0.3, 0.4) is 0 Å². The number of carbonyl (C=O) groups excluding carboxylic acids is 1. The van der Waals surface area contributed by atoms with Crippen molar-refractivity contribution in [2.75, 3.05) is 12.4 Å². The fraction of sp³-hybridized carbons (Fsp3) is 0.286. The second-order valence-corrected chi connectivity index (χ2v) is 5.47. The van der Waals surface area contributed by atoms with Gasteiger partial charge in [0.15, 0.2) is 5.13 Å². The van der Waals surface area contributed by atoms with Crippen LogP contribution < -0.4 is 10.1 Å². The summed E-state index contributed by atoms with van der Waals surface area (Å²) in [5.74, 6) is 0.779. The molecule has 1 heterocycles. The van der Waals surface area contributed by atoms with Gasteiger partial charge in [0.25, 0.3) is 0 Å². The second kappa shape index (κ2) is 4.66. The molecule has 0 aliphatic heterocycles. The maximum Gasteiger partial charge on any atom is 0.236 e. The highest BCUT2D eigenvalue weighted by molar-refractivity contribution is 7.13. The maximum absolute atomic E-state index is 12.5. The summed E-state index contributed by atoms with van der Waals surface area (Å²) in [5, 5.41) is 5.38. The van der Waals surface area contributed by atoms with Crippen LogP contribution in [-0.4, -0.2) is 18.0 Å². The molecule has 98 valence electrons. The van der Waals surface area contributed by atoms with E-state index in [-0.39, 0.29) is 5.91 Å². The predicted molar refractivity (Wildman–Crippen MR) is 74.6 cm³/mol. The summed E-state index contributed by atoms with van der Waals surface area (Å²) < 4.78 is 5.36. The molecule has 1 saturated carbocycles. The summed E-state index contributed by atoms with van der Waals surface area (Å²) in [4.78, 5) is 16.6. The lowest BCUT2D eigenvalue weighted by Gasteiger charge is -2.17. The molecule has 1 fully saturated rings. The third-order valence-electron chi connectivity index (χ3n) is 3.46. The van der Waals surface area contributed by atoms with Gasteiger partial charge in [-0.25, -0.2) is 4.98 Å². The lowest BCUT2D eigenvalue weighted by molar-refractivity contribution is -0.118. The number of aromatic nitrogens is 1. The normalized spacial score (nSPS) is 15.8. The standard InChI is InChI=1S/C14H14N2O2S/c1-18-11-5-3-2-4-10(11)14(6-7-14)12(17)16-13-15-8-9-19-13/h2-5,8-9H,6-7H2,1H3,(H,15,16,17). The van der Waals surface area contributed by atoms with Gasteiger partial charge in [-0.15, -0.1) is 11.3 Å². The zero-order chi connectivity index (χ0) is 13.3. The number of nitrogens with zero attached hydrogens (tertiary/aromatic N) is 1. The number of thiazole rings is 1. The molecular weight excluding hydrogens is 260 g/mol. The SMILES string of the molecule is COc1ccccc1C1(C(=O)Nc2nccs2)CC1. The molecule has 1 aliphatic rings.